The normalized spacial score (nSPS) is 16.5. The van der Waals surface area contributed by atoms with Gasteiger partial charge in [0, 0.05) is 42.4 Å². The number of nitrogens with one attached hydrogen (secondary N) is 2. The summed E-state index contributed by atoms with van der Waals surface area (Å²) in [6.45, 7) is 4.65. The van der Waals surface area contributed by atoms with Crippen molar-refractivity contribution in [2.24, 2.45) is 0 Å². The second-order valence-corrected chi connectivity index (χ2v) is 8.54. The van der Waals surface area contributed by atoms with E-state index in [0.29, 0.717) is 23.2 Å². The highest BCUT2D eigenvalue weighted by atomic mass is 32.1. The summed E-state index contributed by atoms with van der Waals surface area (Å²) >= 11 is 1.35. The van der Waals surface area contributed by atoms with Crippen molar-refractivity contribution < 1.29 is 4.79 Å². The average Bonchev–Trinajstić information content (AvgIpc) is 3.33. The van der Waals surface area contributed by atoms with E-state index in [1.165, 1.54) is 29.0 Å². The zero-order chi connectivity index (χ0) is 20.4. The highest BCUT2D eigenvalue weighted by Gasteiger charge is 2.21. The summed E-state index contributed by atoms with van der Waals surface area (Å²) in [5, 5.41) is 7.19. The number of amides is 1. The fraction of sp³-hybridized carbons (Fsp3) is 0.364. The molecule has 7 heteroatoms. The first-order chi connectivity index (χ1) is 14.0. The lowest BCUT2D eigenvalue weighted by Crippen LogP contribution is -2.29. The molecule has 0 bridgehead atoms. The van der Waals surface area contributed by atoms with Crippen molar-refractivity contribution in [3.8, 4) is 0 Å². The lowest BCUT2D eigenvalue weighted by molar-refractivity contribution is 0.0959. The molecule has 0 saturated carbocycles. The molecular weight excluding hydrogens is 382 g/mol. The maximum Gasteiger partial charge on any atom is 0.263 e. The van der Waals surface area contributed by atoms with Crippen LogP contribution in [0.15, 0.2) is 36.4 Å². The molecule has 1 amide bonds. The quantitative estimate of drug-likeness (QED) is 0.583. The number of nitrogen functional groups attached to an aromatic ring is 1. The van der Waals surface area contributed by atoms with Crippen LogP contribution in [0.2, 0.25) is 0 Å². The van der Waals surface area contributed by atoms with E-state index >= 15 is 0 Å². The number of fused-ring (bicyclic) bond motifs is 1. The van der Waals surface area contributed by atoms with Crippen molar-refractivity contribution in [3.63, 3.8) is 0 Å². The lowest BCUT2D eigenvalue weighted by Gasteiger charge is -2.19. The number of rotatable bonds is 6. The van der Waals surface area contributed by atoms with Gasteiger partial charge in [-0.25, -0.2) is 4.98 Å². The van der Waals surface area contributed by atoms with Crippen LogP contribution in [0.5, 0.6) is 0 Å². The predicted octanol–water partition coefficient (Wildman–Crippen LogP) is 2.96. The third-order valence-corrected chi connectivity index (χ3v) is 6.65. The van der Waals surface area contributed by atoms with Crippen LogP contribution in [-0.2, 0) is 6.42 Å². The Balaban J connectivity index is 1.33. The van der Waals surface area contributed by atoms with Gasteiger partial charge in [-0.2, -0.15) is 0 Å². The molecule has 1 saturated heterocycles. The molecule has 152 valence electrons. The van der Waals surface area contributed by atoms with Gasteiger partial charge in [0.05, 0.1) is 5.69 Å². The molecule has 1 fully saturated rings. The molecule has 2 aromatic heterocycles. The molecule has 3 heterocycles. The van der Waals surface area contributed by atoms with Gasteiger partial charge in [-0.1, -0.05) is 12.1 Å². The molecule has 1 aromatic carbocycles. The Morgan fingerprint density at radius 1 is 1.28 bits per heavy atom. The molecular formula is C22H27N5OS. The third-order valence-electron chi connectivity index (χ3n) is 5.54. The Morgan fingerprint density at radius 2 is 2.07 bits per heavy atom. The summed E-state index contributed by atoms with van der Waals surface area (Å²) in [6, 6.07) is 13.1. The van der Waals surface area contributed by atoms with Crippen LogP contribution >= 0.6 is 11.3 Å². The molecule has 1 atom stereocenters. The van der Waals surface area contributed by atoms with E-state index in [-0.39, 0.29) is 5.91 Å². The van der Waals surface area contributed by atoms with Gasteiger partial charge in [0.2, 0.25) is 0 Å². The van der Waals surface area contributed by atoms with Gasteiger partial charge < -0.3 is 21.3 Å². The van der Waals surface area contributed by atoms with Gasteiger partial charge in [-0.05, 0) is 56.6 Å². The summed E-state index contributed by atoms with van der Waals surface area (Å²) in [4.78, 5) is 20.8. The summed E-state index contributed by atoms with van der Waals surface area (Å²) in [6.07, 6.45) is 1.97. The van der Waals surface area contributed by atoms with Crippen LogP contribution in [-0.4, -0.2) is 43.6 Å². The Bertz CT molecular complexity index is 1010. The fourth-order valence-electron chi connectivity index (χ4n) is 3.76. The van der Waals surface area contributed by atoms with Crippen molar-refractivity contribution >= 4 is 38.8 Å². The lowest BCUT2D eigenvalue weighted by atomic mass is 10.1. The molecule has 4 rings (SSSR count). The average molecular weight is 410 g/mol. The molecule has 3 aromatic rings. The van der Waals surface area contributed by atoms with Crippen LogP contribution in [0.4, 0.5) is 11.4 Å². The van der Waals surface area contributed by atoms with Crippen LogP contribution in [0, 0.1) is 6.92 Å². The highest BCUT2D eigenvalue weighted by molar-refractivity contribution is 7.21. The third kappa shape index (κ3) is 4.21. The molecule has 0 spiro atoms. The minimum absolute atomic E-state index is 0.130. The summed E-state index contributed by atoms with van der Waals surface area (Å²) in [5.74, 6) is -0.130. The predicted molar refractivity (Wildman–Crippen MR) is 121 cm³/mol. The number of benzene rings is 1. The standard InChI is InChI=1S/C22H27N5OS/c1-14-3-8-18-19(23)20(29-22(18)26-14)21(28)25-11-9-15-4-6-17(7-5-15)27-12-10-16(13-27)24-2/h3-8,16,24H,9-13,23H2,1-2H3,(H,25,28)/t16-/m0/s1. The molecule has 0 aliphatic carbocycles. The number of aryl methyl sites for hydroxylation is 1. The molecule has 0 radical (unpaired) electrons. The maximum absolute atomic E-state index is 12.6. The molecule has 4 N–H and O–H groups in total. The minimum atomic E-state index is -0.130. The molecule has 6 nitrogen and oxygen atoms in total. The number of thiophene rings is 1. The van der Waals surface area contributed by atoms with Crippen molar-refractivity contribution in [2.75, 3.05) is 37.3 Å². The second kappa shape index (κ2) is 8.39. The zero-order valence-electron chi connectivity index (χ0n) is 16.9. The number of aromatic nitrogens is 1. The Kier molecular flexibility index (Phi) is 5.69. The van der Waals surface area contributed by atoms with Gasteiger partial charge in [-0.15, -0.1) is 11.3 Å². The summed E-state index contributed by atoms with van der Waals surface area (Å²) < 4.78 is 0. The van der Waals surface area contributed by atoms with E-state index in [1.807, 2.05) is 26.1 Å². The van der Waals surface area contributed by atoms with Crippen LogP contribution < -0.4 is 21.3 Å². The molecule has 1 aliphatic heterocycles. The van der Waals surface area contributed by atoms with Crippen molar-refractivity contribution in [2.45, 2.75) is 25.8 Å². The second-order valence-electron chi connectivity index (χ2n) is 7.54. The van der Waals surface area contributed by atoms with E-state index in [2.05, 4.69) is 44.8 Å². The number of nitrogens with two attached hydrogens (primary N) is 1. The zero-order valence-corrected chi connectivity index (χ0v) is 17.7. The van der Waals surface area contributed by atoms with Crippen LogP contribution in [0.25, 0.3) is 10.2 Å². The van der Waals surface area contributed by atoms with Gasteiger partial charge in [0.25, 0.3) is 5.91 Å². The van der Waals surface area contributed by atoms with Crippen molar-refractivity contribution in [1.82, 2.24) is 15.6 Å². The topological polar surface area (TPSA) is 83.3 Å². The molecule has 0 unspecified atom stereocenters. The number of carbonyl (C=O) groups excluding carboxylic acids is 1. The Labute approximate surface area is 175 Å². The molecule has 29 heavy (non-hydrogen) atoms. The highest BCUT2D eigenvalue weighted by Crippen LogP contribution is 2.32. The first-order valence-electron chi connectivity index (χ1n) is 10.00. The minimum Gasteiger partial charge on any atom is -0.397 e. The van der Waals surface area contributed by atoms with Crippen molar-refractivity contribution in [1.29, 1.82) is 0 Å². The van der Waals surface area contributed by atoms with Crippen molar-refractivity contribution in [3.05, 3.63) is 52.5 Å². The first-order valence-corrected chi connectivity index (χ1v) is 10.8. The van der Waals surface area contributed by atoms with E-state index in [4.69, 9.17) is 5.73 Å². The van der Waals surface area contributed by atoms with Gasteiger partial charge in [0.15, 0.2) is 0 Å². The first kappa shape index (κ1) is 19.7. The maximum atomic E-state index is 12.6. The largest absolute Gasteiger partial charge is 0.397 e. The molecule has 1 aliphatic rings. The van der Waals surface area contributed by atoms with Gasteiger partial charge in [0.1, 0.15) is 9.71 Å². The Hall–Kier alpha value is -2.64. The van der Waals surface area contributed by atoms with Gasteiger partial charge >= 0.3 is 0 Å². The number of pyridine rings is 1. The van der Waals surface area contributed by atoms with Crippen LogP contribution in [0.1, 0.15) is 27.3 Å². The number of anilines is 2. The number of hydrogen-bond acceptors (Lipinski definition) is 6. The van der Waals surface area contributed by atoms with E-state index in [0.717, 1.165) is 35.4 Å². The number of hydrogen-bond donors (Lipinski definition) is 3. The number of likely N-dealkylation sites (N-methyl/N-ethyl adjacent to an activating group) is 1. The number of nitrogens with zero attached hydrogens (tertiary/aromatic N) is 2. The smallest absolute Gasteiger partial charge is 0.263 e. The fourth-order valence-corrected chi connectivity index (χ4v) is 4.82. The van der Waals surface area contributed by atoms with Crippen LogP contribution in [0.3, 0.4) is 0 Å². The van der Waals surface area contributed by atoms with E-state index in [1.54, 1.807) is 0 Å². The van der Waals surface area contributed by atoms with E-state index in [9.17, 15) is 4.79 Å². The summed E-state index contributed by atoms with van der Waals surface area (Å²) in [7, 11) is 2.02. The monoisotopic (exact) mass is 409 g/mol. The number of carbonyl (C=O) groups is 1. The summed E-state index contributed by atoms with van der Waals surface area (Å²) in [5.41, 5.74) is 10.1. The Morgan fingerprint density at radius 3 is 2.79 bits per heavy atom. The SMILES string of the molecule is CN[C@H]1CCN(c2ccc(CCNC(=O)c3sc4nc(C)ccc4c3N)cc2)C1. The van der Waals surface area contributed by atoms with E-state index < -0.39 is 0 Å². The van der Waals surface area contributed by atoms with Gasteiger partial charge in [-0.3, -0.25) is 4.79 Å².